The number of carbonyl (C=O) groups excluding carboxylic acids is 1. The molecule has 112 valence electrons. The lowest BCUT2D eigenvalue weighted by Gasteiger charge is -2.13. The number of thioether (sulfide) groups is 1. The fourth-order valence-electron chi connectivity index (χ4n) is 2.06. The molecular weight excluding hydrogens is 272 g/mol. The van der Waals surface area contributed by atoms with Crippen LogP contribution in [0.15, 0.2) is 6.07 Å². The van der Waals surface area contributed by atoms with E-state index in [-0.39, 0.29) is 5.91 Å². The highest BCUT2D eigenvalue weighted by molar-refractivity contribution is 7.99. The van der Waals surface area contributed by atoms with Crippen molar-refractivity contribution in [1.29, 1.82) is 0 Å². The molecule has 0 heterocycles. The third kappa shape index (κ3) is 4.81. The smallest absolute Gasteiger partial charge is 0.234 e. The number of nitrogens with one attached hydrogen (secondary N) is 1. The second kappa shape index (κ2) is 8.29. The van der Waals surface area contributed by atoms with E-state index in [4.69, 9.17) is 4.74 Å². The van der Waals surface area contributed by atoms with Gasteiger partial charge in [-0.3, -0.25) is 4.79 Å². The molecule has 0 atom stereocenters. The number of hydrogen-bond acceptors (Lipinski definition) is 3. The Morgan fingerprint density at radius 3 is 2.70 bits per heavy atom. The number of hydrogen-bond donors (Lipinski definition) is 2. The Morgan fingerprint density at radius 2 is 2.05 bits per heavy atom. The van der Waals surface area contributed by atoms with Gasteiger partial charge >= 0.3 is 0 Å². The maximum absolute atomic E-state index is 12.0. The van der Waals surface area contributed by atoms with E-state index in [0.717, 1.165) is 46.8 Å². The van der Waals surface area contributed by atoms with Crippen molar-refractivity contribution in [2.24, 2.45) is 0 Å². The summed E-state index contributed by atoms with van der Waals surface area (Å²) in [5.74, 6) is 1.46. The molecule has 20 heavy (non-hydrogen) atoms. The Morgan fingerprint density at radius 1 is 1.35 bits per heavy atom. The van der Waals surface area contributed by atoms with E-state index < -0.39 is 0 Å². The maximum Gasteiger partial charge on any atom is 0.234 e. The zero-order chi connectivity index (χ0) is 15.1. The highest BCUT2D eigenvalue weighted by atomic mass is 32.2. The predicted molar refractivity (Wildman–Crippen MR) is 85.6 cm³/mol. The van der Waals surface area contributed by atoms with Crippen LogP contribution in [0.3, 0.4) is 0 Å². The monoisotopic (exact) mass is 297 g/mol. The van der Waals surface area contributed by atoms with Gasteiger partial charge in [0.15, 0.2) is 0 Å². The molecule has 0 unspecified atom stereocenters. The van der Waals surface area contributed by atoms with E-state index in [2.05, 4.69) is 17.1 Å². The fraction of sp³-hybridized carbons (Fsp3) is 0.533. The quantitative estimate of drug-likeness (QED) is 0.758. The average molecular weight is 297 g/mol. The minimum atomic E-state index is 0.0434. The molecule has 0 aliphatic heterocycles. The van der Waals surface area contributed by atoms with Crippen LogP contribution >= 0.6 is 11.8 Å². The van der Waals surface area contributed by atoms with Crippen molar-refractivity contribution < 1.29 is 15.3 Å². The lowest BCUT2D eigenvalue weighted by Crippen LogP contribution is -2.42. The number of carbonyl (C=O) groups is 1. The van der Waals surface area contributed by atoms with Crippen LogP contribution in [0.4, 0.5) is 11.4 Å². The summed E-state index contributed by atoms with van der Waals surface area (Å²) in [6.07, 6.45) is 0.972. The molecule has 4 N–H and O–H groups in total. The van der Waals surface area contributed by atoms with Crippen LogP contribution in [0.2, 0.25) is 0 Å². The highest BCUT2D eigenvalue weighted by Gasteiger charge is 2.13. The maximum atomic E-state index is 12.0. The second-order valence-electron chi connectivity index (χ2n) is 4.94. The molecular formula is C15H25N2O2S+. The van der Waals surface area contributed by atoms with E-state index >= 15 is 0 Å². The average Bonchev–Trinajstić information content (AvgIpc) is 2.41. The van der Waals surface area contributed by atoms with Crippen LogP contribution in [-0.4, -0.2) is 31.1 Å². The van der Waals surface area contributed by atoms with Gasteiger partial charge in [0.1, 0.15) is 5.69 Å². The summed E-state index contributed by atoms with van der Waals surface area (Å²) in [5, 5.41) is 3.01. The van der Waals surface area contributed by atoms with Gasteiger partial charge in [0.05, 0.1) is 11.4 Å². The van der Waals surface area contributed by atoms with Gasteiger partial charge in [0, 0.05) is 24.8 Å². The largest absolute Gasteiger partial charge is 0.385 e. The van der Waals surface area contributed by atoms with Gasteiger partial charge in [-0.25, -0.2) is 0 Å². The number of benzene rings is 1. The molecule has 0 aliphatic carbocycles. The topological polar surface area (TPSA) is 66.0 Å². The number of quaternary nitrogens is 1. The number of rotatable bonds is 7. The van der Waals surface area contributed by atoms with Gasteiger partial charge < -0.3 is 15.8 Å². The first-order valence-corrected chi connectivity index (χ1v) is 7.92. The fourth-order valence-corrected chi connectivity index (χ4v) is 2.79. The summed E-state index contributed by atoms with van der Waals surface area (Å²) in [6, 6.07) is 2.07. The van der Waals surface area contributed by atoms with Crippen molar-refractivity contribution in [2.75, 3.05) is 30.5 Å². The van der Waals surface area contributed by atoms with Gasteiger partial charge in [0.2, 0.25) is 5.91 Å². The summed E-state index contributed by atoms with van der Waals surface area (Å²) in [7, 11) is 1.69. The van der Waals surface area contributed by atoms with Crippen molar-refractivity contribution >= 4 is 29.0 Å². The minimum Gasteiger partial charge on any atom is -0.385 e. The van der Waals surface area contributed by atoms with Crippen LogP contribution in [0, 0.1) is 20.8 Å². The van der Waals surface area contributed by atoms with Crippen molar-refractivity contribution in [3.05, 3.63) is 22.8 Å². The van der Waals surface area contributed by atoms with Gasteiger partial charge in [-0.15, -0.1) is 0 Å². The third-order valence-electron chi connectivity index (χ3n) is 3.27. The van der Waals surface area contributed by atoms with Crippen molar-refractivity contribution in [2.45, 2.75) is 27.2 Å². The lowest BCUT2D eigenvalue weighted by atomic mass is 10.0. The number of anilines is 1. The summed E-state index contributed by atoms with van der Waals surface area (Å²) in [5.41, 5.74) is 9.26. The Hall–Kier alpha value is -1.04. The van der Waals surface area contributed by atoms with Crippen LogP contribution in [0.5, 0.6) is 0 Å². The third-order valence-corrected chi connectivity index (χ3v) is 4.31. The second-order valence-corrected chi connectivity index (χ2v) is 6.04. The van der Waals surface area contributed by atoms with Crippen LogP contribution in [-0.2, 0) is 9.53 Å². The number of ether oxygens (including phenoxy) is 1. The molecule has 0 aromatic heterocycles. The van der Waals surface area contributed by atoms with E-state index in [1.54, 1.807) is 18.9 Å². The molecule has 1 aromatic carbocycles. The van der Waals surface area contributed by atoms with Gasteiger partial charge in [-0.2, -0.15) is 11.8 Å². The Labute approximate surface area is 125 Å². The van der Waals surface area contributed by atoms with Crippen molar-refractivity contribution in [3.8, 4) is 0 Å². The Balaban J connectivity index is 2.56. The van der Waals surface area contributed by atoms with Crippen molar-refractivity contribution in [1.82, 2.24) is 0 Å². The molecule has 1 rings (SSSR count). The molecule has 4 nitrogen and oxygen atoms in total. The summed E-state index contributed by atoms with van der Waals surface area (Å²) in [4.78, 5) is 12.0. The molecule has 5 heteroatoms. The highest BCUT2D eigenvalue weighted by Crippen LogP contribution is 2.27. The summed E-state index contributed by atoms with van der Waals surface area (Å²) >= 11 is 1.63. The first kappa shape index (κ1) is 17.0. The van der Waals surface area contributed by atoms with Crippen LogP contribution in [0.25, 0.3) is 0 Å². The van der Waals surface area contributed by atoms with E-state index in [1.165, 1.54) is 0 Å². The van der Waals surface area contributed by atoms with Gasteiger partial charge in [-0.05, 0) is 44.6 Å². The van der Waals surface area contributed by atoms with Gasteiger partial charge in [0.25, 0.3) is 0 Å². The molecule has 0 fully saturated rings. The standard InChI is InChI=1S/C15H24N2O2S/c1-10-8-11(2)15(12(3)14(10)16)17-13(18)9-20-7-5-6-19-4/h8H,5-7,9,16H2,1-4H3,(H,17,18)/p+1. The molecule has 0 radical (unpaired) electrons. The van der Waals surface area contributed by atoms with Crippen molar-refractivity contribution in [3.63, 3.8) is 0 Å². The molecule has 1 amide bonds. The van der Waals surface area contributed by atoms with Crippen LogP contribution in [0.1, 0.15) is 23.1 Å². The van der Waals surface area contributed by atoms with E-state index in [1.807, 2.05) is 20.8 Å². The molecule has 0 spiro atoms. The molecule has 0 saturated heterocycles. The molecule has 1 aromatic rings. The number of methoxy groups -OCH3 is 1. The number of amides is 1. The summed E-state index contributed by atoms with van der Waals surface area (Å²) < 4.78 is 4.98. The molecule has 0 saturated carbocycles. The predicted octanol–water partition coefficient (Wildman–Crippen LogP) is 2.19. The Kier molecular flexibility index (Phi) is 7.05. The molecule has 0 bridgehead atoms. The SMILES string of the molecule is COCCCSCC(=O)Nc1c(C)cc(C)c([NH3+])c1C. The zero-order valence-corrected chi connectivity index (χ0v) is 13.7. The Bertz CT molecular complexity index is 475. The van der Waals surface area contributed by atoms with Gasteiger partial charge in [-0.1, -0.05) is 0 Å². The summed E-state index contributed by atoms with van der Waals surface area (Å²) in [6.45, 7) is 6.81. The molecule has 0 aliphatic rings. The first-order valence-electron chi connectivity index (χ1n) is 6.76. The van der Waals surface area contributed by atoms with Crippen LogP contribution < -0.4 is 11.1 Å². The number of aryl methyl sites for hydroxylation is 2. The van der Waals surface area contributed by atoms with E-state index in [0.29, 0.717) is 5.75 Å². The zero-order valence-electron chi connectivity index (χ0n) is 12.8. The minimum absolute atomic E-state index is 0.0434. The van der Waals surface area contributed by atoms with E-state index in [9.17, 15) is 4.79 Å². The first-order chi connectivity index (χ1) is 9.47. The normalized spacial score (nSPS) is 10.7. The lowest BCUT2D eigenvalue weighted by molar-refractivity contribution is -0.256.